The maximum absolute atomic E-state index is 13.6. The Kier molecular flexibility index (Phi) is 6.69. The molecule has 10 heteroatoms. The number of carbonyl (C=O) groups is 1. The summed E-state index contributed by atoms with van der Waals surface area (Å²) >= 11 is 0. The van der Waals surface area contributed by atoms with E-state index in [4.69, 9.17) is 0 Å². The van der Waals surface area contributed by atoms with E-state index < -0.39 is 32.0 Å². The van der Waals surface area contributed by atoms with E-state index >= 15 is 0 Å². The van der Waals surface area contributed by atoms with E-state index in [9.17, 15) is 21.6 Å². The Hall–Kier alpha value is -3.05. The molecule has 0 bridgehead atoms. The van der Waals surface area contributed by atoms with Crippen LogP contribution in [-0.2, 0) is 37.8 Å². The van der Waals surface area contributed by atoms with Gasteiger partial charge >= 0.3 is 0 Å². The van der Waals surface area contributed by atoms with Crippen molar-refractivity contribution >= 4 is 31.6 Å². The topological polar surface area (TPSA) is 104 Å². The maximum Gasteiger partial charge on any atom is 0.244 e. The van der Waals surface area contributed by atoms with Gasteiger partial charge in [0.15, 0.2) is 0 Å². The van der Waals surface area contributed by atoms with Crippen LogP contribution in [0.2, 0.25) is 0 Å². The molecule has 0 aliphatic carbocycles. The molecule has 5 rings (SSSR count). The maximum atomic E-state index is 13.6. The fourth-order valence-electron chi connectivity index (χ4n) is 4.74. The van der Waals surface area contributed by atoms with Crippen LogP contribution in [0.1, 0.15) is 24.0 Å². The van der Waals surface area contributed by atoms with Crippen LogP contribution in [0.5, 0.6) is 0 Å². The van der Waals surface area contributed by atoms with E-state index in [-0.39, 0.29) is 22.8 Å². The number of fused-ring (bicyclic) bond motifs is 1. The minimum absolute atomic E-state index is 0.0644. The highest BCUT2D eigenvalue weighted by molar-refractivity contribution is 7.89. The van der Waals surface area contributed by atoms with E-state index in [0.29, 0.717) is 18.8 Å². The van der Waals surface area contributed by atoms with Crippen molar-refractivity contribution in [2.24, 2.45) is 0 Å². The summed E-state index contributed by atoms with van der Waals surface area (Å²) in [6, 6.07) is 20.6. The molecule has 0 saturated carbocycles. The lowest BCUT2D eigenvalue weighted by molar-refractivity contribution is -0.120. The van der Waals surface area contributed by atoms with Crippen molar-refractivity contribution in [3.05, 3.63) is 90.0 Å². The number of hydrogen-bond donors (Lipinski definition) is 1. The molecule has 2 aliphatic heterocycles. The number of hydrogen-bond acceptors (Lipinski definition) is 5. The lowest BCUT2D eigenvalue weighted by atomic mass is 9.95. The largest absolute Gasteiger partial charge is 0.325 e. The average molecular weight is 526 g/mol. The number of carbonyl (C=O) groups excluding carboxylic acids is 1. The summed E-state index contributed by atoms with van der Waals surface area (Å²) in [6.45, 7) is 1.02. The first-order chi connectivity index (χ1) is 17.3. The molecule has 3 aromatic rings. The third kappa shape index (κ3) is 4.69. The summed E-state index contributed by atoms with van der Waals surface area (Å²) in [5, 5.41) is 2.77. The molecular weight excluding hydrogens is 498 g/mol. The quantitative estimate of drug-likeness (QED) is 0.532. The predicted octanol–water partition coefficient (Wildman–Crippen LogP) is 3.23. The monoisotopic (exact) mass is 525 g/mol. The first-order valence-corrected chi connectivity index (χ1v) is 14.7. The lowest BCUT2D eigenvalue weighted by Gasteiger charge is -2.35. The number of nitrogens with one attached hydrogen (secondary N) is 1. The highest BCUT2D eigenvalue weighted by Gasteiger charge is 2.39. The van der Waals surface area contributed by atoms with Crippen LogP contribution in [0, 0.1) is 0 Å². The smallest absolute Gasteiger partial charge is 0.244 e. The molecule has 2 aliphatic rings. The summed E-state index contributed by atoms with van der Waals surface area (Å²) < 4.78 is 55.7. The normalized spacial score (nSPS) is 19.1. The molecule has 1 atom stereocenters. The Morgan fingerprint density at radius 2 is 1.39 bits per heavy atom. The lowest BCUT2D eigenvalue weighted by Crippen LogP contribution is -2.50. The molecule has 3 aromatic carbocycles. The molecule has 0 aromatic heterocycles. The molecule has 0 spiro atoms. The van der Waals surface area contributed by atoms with E-state index in [0.717, 1.165) is 24.0 Å². The van der Waals surface area contributed by atoms with Crippen molar-refractivity contribution in [3.8, 4) is 0 Å². The zero-order valence-electron chi connectivity index (χ0n) is 19.6. The van der Waals surface area contributed by atoms with Gasteiger partial charge in [-0.3, -0.25) is 4.79 Å². The molecule has 8 nitrogen and oxygen atoms in total. The minimum atomic E-state index is -3.96. The van der Waals surface area contributed by atoms with Gasteiger partial charge in [-0.1, -0.05) is 48.5 Å². The van der Waals surface area contributed by atoms with E-state index in [2.05, 4.69) is 5.32 Å². The van der Waals surface area contributed by atoms with Crippen molar-refractivity contribution < 1.29 is 21.6 Å². The molecule has 188 valence electrons. The summed E-state index contributed by atoms with van der Waals surface area (Å²) in [6.07, 6.45) is 1.86. The molecule has 36 heavy (non-hydrogen) atoms. The second kappa shape index (κ2) is 9.78. The van der Waals surface area contributed by atoms with Crippen LogP contribution < -0.4 is 5.32 Å². The van der Waals surface area contributed by atoms with Crippen LogP contribution in [-0.4, -0.2) is 50.5 Å². The van der Waals surface area contributed by atoms with Gasteiger partial charge in [-0.05, 0) is 60.7 Å². The van der Waals surface area contributed by atoms with Crippen molar-refractivity contribution in [3.63, 3.8) is 0 Å². The van der Waals surface area contributed by atoms with Crippen LogP contribution in [0.25, 0.3) is 0 Å². The van der Waals surface area contributed by atoms with Crippen LogP contribution in [0.4, 0.5) is 5.69 Å². The summed E-state index contributed by atoms with van der Waals surface area (Å²) in [5.41, 5.74) is 2.05. The highest BCUT2D eigenvalue weighted by Crippen LogP contribution is 2.30. The molecule has 1 unspecified atom stereocenters. The zero-order chi connectivity index (χ0) is 25.3. The Morgan fingerprint density at radius 1 is 0.750 bits per heavy atom. The first-order valence-electron chi connectivity index (χ1n) is 11.8. The second-order valence-corrected chi connectivity index (χ2v) is 12.8. The number of amides is 1. The number of sulfonamides is 2. The van der Waals surface area contributed by atoms with Crippen molar-refractivity contribution in [1.82, 2.24) is 8.61 Å². The van der Waals surface area contributed by atoms with Gasteiger partial charge in [0.1, 0.15) is 6.04 Å². The molecule has 0 radical (unpaired) electrons. The Bertz CT molecular complexity index is 1480. The standard InChI is InChI=1S/C26H27N3O5S2/c30-26(27-22-11-8-14-24(18-22)35(31,32)28-15-6-7-16-28)25-17-20-9-4-5-10-21(20)19-29(25)36(33,34)23-12-2-1-3-13-23/h1-5,8-14,18,25H,6-7,15-17,19H2,(H,27,30). The average Bonchev–Trinajstić information content (AvgIpc) is 3.45. The zero-order valence-corrected chi connectivity index (χ0v) is 21.2. The molecule has 1 saturated heterocycles. The molecule has 1 N–H and O–H groups in total. The third-order valence-corrected chi connectivity index (χ3v) is 10.4. The number of anilines is 1. The van der Waals surface area contributed by atoms with Crippen LogP contribution in [0.15, 0.2) is 88.7 Å². The fraction of sp³-hybridized carbons (Fsp3) is 0.269. The fourth-order valence-corrected chi connectivity index (χ4v) is 7.89. The molecular formula is C26H27N3O5S2. The second-order valence-electron chi connectivity index (χ2n) is 8.98. The SMILES string of the molecule is O=C(Nc1cccc(S(=O)(=O)N2CCCC2)c1)C1Cc2ccccc2CN1S(=O)(=O)c1ccccc1. The number of nitrogens with zero attached hydrogens (tertiary/aromatic N) is 2. The van der Waals surface area contributed by atoms with Gasteiger partial charge in [0, 0.05) is 25.3 Å². The van der Waals surface area contributed by atoms with Crippen molar-refractivity contribution in [2.45, 2.75) is 41.6 Å². The van der Waals surface area contributed by atoms with Crippen molar-refractivity contribution in [2.75, 3.05) is 18.4 Å². The van der Waals surface area contributed by atoms with Gasteiger partial charge < -0.3 is 5.32 Å². The number of benzene rings is 3. The van der Waals surface area contributed by atoms with E-state index in [1.54, 1.807) is 30.3 Å². The van der Waals surface area contributed by atoms with Gasteiger partial charge in [0.05, 0.1) is 9.79 Å². The Balaban J connectivity index is 1.45. The van der Waals surface area contributed by atoms with Gasteiger partial charge in [-0.15, -0.1) is 0 Å². The van der Waals surface area contributed by atoms with Gasteiger partial charge in [-0.2, -0.15) is 8.61 Å². The van der Waals surface area contributed by atoms with Gasteiger partial charge in [0.2, 0.25) is 26.0 Å². The molecule has 1 amide bonds. The van der Waals surface area contributed by atoms with Crippen molar-refractivity contribution in [1.29, 1.82) is 0 Å². The van der Waals surface area contributed by atoms with Gasteiger partial charge in [0.25, 0.3) is 0 Å². The summed E-state index contributed by atoms with van der Waals surface area (Å²) in [4.78, 5) is 13.7. The molecule has 1 fully saturated rings. The predicted molar refractivity (Wildman–Crippen MR) is 136 cm³/mol. The highest BCUT2D eigenvalue weighted by atomic mass is 32.2. The summed E-state index contributed by atoms with van der Waals surface area (Å²) in [5.74, 6) is -0.514. The Labute approximate surface area is 211 Å². The van der Waals surface area contributed by atoms with Crippen LogP contribution in [0.3, 0.4) is 0 Å². The van der Waals surface area contributed by atoms with E-state index in [1.807, 2.05) is 24.3 Å². The third-order valence-electron chi connectivity index (χ3n) is 6.66. The minimum Gasteiger partial charge on any atom is -0.325 e. The summed E-state index contributed by atoms with van der Waals surface area (Å²) in [7, 11) is -7.62. The Morgan fingerprint density at radius 3 is 2.11 bits per heavy atom. The van der Waals surface area contributed by atoms with E-state index in [1.165, 1.54) is 32.9 Å². The van der Waals surface area contributed by atoms with Crippen LogP contribution >= 0.6 is 0 Å². The first kappa shape index (κ1) is 24.6. The number of rotatable bonds is 6. The van der Waals surface area contributed by atoms with Gasteiger partial charge in [-0.25, -0.2) is 16.8 Å². The molecule has 2 heterocycles.